The summed E-state index contributed by atoms with van der Waals surface area (Å²) in [7, 11) is -1.34. The van der Waals surface area contributed by atoms with Crippen LogP contribution in [0, 0.1) is 19.0 Å². The number of aromatic nitrogens is 4. The van der Waals surface area contributed by atoms with Gasteiger partial charge in [0.1, 0.15) is 0 Å². The molecule has 0 aliphatic heterocycles. The van der Waals surface area contributed by atoms with Crippen LogP contribution in [0.2, 0.25) is 19.6 Å². The molecule has 293 valence electrons. The van der Waals surface area contributed by atoms with Crippen molar-refractivity contribution in [1.29, 1.82) is 0 Å². The van der Waals surface area contributed by atoms with E-state index in [2.05, 4.69) is 159 Å². The van der Waals surface area contributed by atoms with Crippen LogP contribution in [0.1, 0.15) is 60.3 Å². The third-order valence-electron chi connectivity index (χ3n) is 10.5. The number of thiophene rings is 1. The molecule has 7 heteroatoms. The van der Waals surface area contributed by atoms with E-state index in [1.54, 1.807) is 12.1 Å². The molecule has 0 saturated carbocycles. The SMILES string of the molecule is CC(C)c1cc(-c2ccccc2)cc(C(C)C)c1-n1c(-c2[c-]cc3sc4ccccc4c3c2)nc2ccncc21.[2H]C([2H])([2H])c1c[c-]c(-c2ccc([Si](C)(C)C)cn2)cc1.[Ir]. The molecule has 1 radical (unpaired) electrons. The summed E-state index contributed by atoms with van der Waals surface area (Å²) in [5.41, 5.74) is 11.2. The van der Waals surface area contributed by atoms with Gasteiger partial charge >= 0.3 is 0 Å². The number of aryl methyl sites for hydroxylation is 1. The van der Waals surface area contributed by atoms with Gasteiger partial charge in [0.25, 0.3) is 0 Å². The number of imidazole rings is 1. The first-order chi connectivity index (χ1) is 28.7. The molecule has 0 unspecified atom stereocenters. The molecule has 9 aromatic rings. The summed E-state index contributed by atoms with van der Waals surface area (Å²) in [6.07, 6.45) is 5.70. The van der Waals surface area contributed by atoms with Crippen molar-refractivity contribution in [3.05, 3.63) is 163 Å². The summed E-state index contributed by atoms with van der Waals surface area (Å²) >= 11 is 1.81. The fourth-order valence-corrected chi connectivity index (χ4v) is 9.43. The molecular formula is C51H48IrN4SSi-2. The zero-order valence-corrected chi connectivity index (χ0v) is 38.1. The Morgan fingerprint density at radius 2 is 1.43 bits per heavy atom. The van der Waals surface area contributed by atoms with Gasteiger partial charge in [-0.1, -0.05) is 120 Å². The van der Waals surface area contributed by atoms with Crippen LogP contribution in [-0.4, -0.2) is 27.6 Å². The second kappa shape index (κ2) is 17.0. The van der Waals surface area contributed by atoms with Crippen LogP contribution >= 0.6 is 11.3 Å². The molecule has 0 bridgehead atoms. The Bertz CT molecular complexity index is 2870. The van der Waals surface area contributed by atoms with E-state index in [-0.39, 0.29) is 20.1 Å². The van der Waals surface area contributed by atoms with E-state index < -0.39 is 14.9 Å². The van der Waals surface area contributed by atoms with Crippen molar-refractivity contribution in [2.45, 2.75) is 66.0 Å². The second-order valence-electron chi connectivity index (χ2n) is 16.2. The first-order valence-corrected chi connectivity index (χ1v) is 23.9. The zero-order valence-electron chi connectivity index (χ0n) is 36.9. The van der Waals surface area contributed by atoms with Crippen LogP contribution < -0.4 is 5.19 Å². The van der Waals surface area contributed by atoms with Crippen molar-refractivity contribution < 1.29 is 24.2 Å². The maximum atomic E-state index is 7.35. The van der Waals surface area contributed by atoms with E-state index >= 15 is 0 Å². The molecule has 58 heavy (non-hydrogen) atoms. The second-order valence-corrected chi connectivity index (χ2v) is 22.4. The van der Waals surface area contributed by atoms with Crippen LogP contribution in [-0.2, 0) is 20.1 Å². The van der Waals surface area contributed by atoms with Crippen LogP contribution in [0.25, 0.3) is 70.7 Å². The van der Waals surface area contributed by atoms with Crippen molar-refractivity contribution >= 4 is 55.8 Å². The Kier molecular flexibility index (Phi) is 10.9. The molecule has 4 heterocycles. The summed E-state index contributed by atoms with van der Waals surface area (Å²) < 4.78 is 26.9. The maximum Gasteiger partial charge on any atom is 0.0822 e. The van der Waals surface area contributed by atoms with Gasteiger partial charge in [-0.05, 0) is 79.3 Å². The van der Waals surface area contributed by atoms with Crippen LogP contribution in [0.3, 0.4) is 0 Å². The smallest absolute Gasteiger partial charge is 0.0822 e. The quantitative estimate of drug-likeness (QED) is 0.118. The minimum atomic E-state index is -2.08. The molecule has 0 aliphatic carbocycles. The first-order valence-electron chi connectivity index (χ1n) is 21.1. The van der Waals surface area contributed by atoms with Crippen molar-refractivity contribution in [2.75, 3.05) is 0 Å². The monoisotopic (exact) mass is 972 g/mol. The fourth-order valence-electron chi connectivity index (χ4n) is 7.33. The van der Waals surface area contributed by atoms with Gasteiger partial charge in [0.2, 0.25) is 0 Å². The molecule has 0 N–H and O–H groups in total. The van der Waals surface area contributed by atoms with Gasteiger partial charge in [-0.15, -0.1) is 59.2 Å². The van der Waals surface area contributed by atoms with E-state index in [1.165, 1.54) is 59.4 Å². The standard InChI is InChI=1S/C36H30N3S.C15H18NSi.Ir/c1-22(2)28-19-26(24-10-6-5-7-11-24)20-29(23(3)4)35(28)39-32-21-37-17-16-31(32)38-36(39)25-14-15-34-30(18-25)27-12-8-9-13-33(27)40-34;1-12-5-7-13(8-6-12)15-10-9-14(11-16-15)17(2,3)4;/h5-13,15-23H,1-4H3;5-7,9-11H,1-4H3;/q2*-1;/i;1D3;. The molecule has 0 saturated heterocycles. The molecule has 0 amide bonds. The van der Waals surface area contributed by atoms with Crippen molar-refractivity contribution in [3.8, 4) is 39.5 Å². The van der Waals surface area contributed by atoms with E-state index in [4.69, 9.17) is 9.10 Å². The number of benzene rings is 5. The number of pyridine rings is 2. The van der Waals surface area contributed by atoms with Gasteiger partial charge in [-0.2, -0.15) is 11.3 Å². The van der Waals surface area contributed by atoms with E-state index in [1.807, 2.05) is 42.1 Å². The molecule has 0 fully saturated rings. The van der Waals surface area contributed by atoms with Gasteiger partial charge in [0.05, 0.1) is 31.1 Å². The predicted octanol–water partition coefficient (Wildman–Crippen LogP) is 13.6. The van der Waals surface area contributed by atoms with Crippen molar-refractivity contribution in [2.24, 2.45) is 0 Å². The average Bonchev–Trinajstić information content (AvgIpc) is 3.81. The van der Waals surface area contributed by atoms with Gasteiger partial charge in [-0.3, -0.25) is 9.97 Å². The maximum absolute atomic E-state index is 7.35. The molecule has 4 nitrogen and oxygen atoms in total. The molecule has 0 spiro atoms. The number of hydrogen-bond donors (Lipinski definition) is 0. The Hall–Kier alpha value is -5.04. The largest absolute Gasteiger partial charge is 0.331 e. The minimum absolute atomic E-state index is 0. The molecule has 9 rings (SSSR count). The zero-order chi connectivity index (χ0) is 42.3. The van der Waals surface area contributed by atoms with E-state index in [9.17, 15) is 0 Å². The Labute approximate surface area is 365 Å². The van der Waals surface area contributed by atoms with Gasteiger partial charge in [0, 0.05) is 47.0 Å². The molecule has 0 aliphatic rings. The summed E-state index contributed by atoms with van der Waals surface area (Å²) in [6.45, 7) is 13.9. The first kappa shape index (κ1) is 37.2. The number of rotatable bonds is 7. The molecule has 0 atom stereocenters. The van der Waals surface area contributed by atoms with Crippen molar-refractivity contribution in [3.63, 3.8) is 0 Å². The van der Waals surface area contributed by atoms with Gasteiger partial charge < -0.3 is 9.55 Å². The van der Waals surface area contributed by atoms with Crippen molar-refractivity contribution in [1.82, 2.24) is 19.5 Å². The van der Waals surface area contributed by atoms with E-state index in [0.717, 1.165) is 33.7 Å². The summed E-state index contributed by atoms with van der Waals surface area (Å²) in [4.78, 5) is 14.2. The molecule has 5 aromatic carbocycles. The number of nitrogens with zero attached hydrogens (tertiary/aromatic N) is 4. The van der Waals surface area contributed by atoms with Gasteiger partial charge in [-0.25, -0.2) is 0 Å². The Balaban J connectivity index is 0.000000226. The van der Waals surface area contributed by atoms with Crippen LogP contribution in [0.4, 0.5) is 0 Å². The summed E-state index contributed by atoms with van der Waals surface area (Å²) in [5, 5.41) is 3.83. The predicted molar refractivity (Wildman–Crippen MR) is 246 cm³/mol. The summed E-state index contributed by atoms with van der Waals surface area (Å²) in [5.74, 6) is 1.52. The van der Waals surface area contributed by atoms with Crippen LogP contribution in [0.5, 0.6) is 0 Å². The molecular weight excluding hydrogens is 921 g/mol. The minimum Gasteiger partial charge on any atom is -0.331 e. The Morgan fingerprint density at radius 1 is 0.707 bits per heavy atom. The topological polar surface area (TPSA) is 43.6 Å². The number of hydrogen-bond acceptors (Lipinski definition) is 4. The Morgan fingerprint density at radius 3 is 2.09 bits per heavy atom. The van der Waals surface area contributed by atoms with E-state index in [0.29, 0.717) is 17.4 Å². The normalized spacial score (nSPS) is 12.6. The number of fused-ring (bicyclic) bond motifs is 4. The van der Waals surface area contributed by atoms with Gasteiger partial charge in [0.15, 0.2) is 0 Å². The third kappa shape index (κ3) is 8.28. The molecule has 4 aromatic heterocycles. The fraction of sp³-hybridized carbons (Fsp3) is 0.196. The van der Waals surface area contributed by atoms with Crippen LogP contribution in [0.15, 0.2) is 134 Å². The average molecular weight is 972 g/mol. The summed E-state index contributed by atoms with van der Waals surface area (Å²) in [6, 6.07) is 46.1. The third-order valence-corrected chi connectivity index (χ3v) is 13.6.